The number of rotatable bonds is 72. The van der Waals surface area contributed by atoms with E-state index in [1.54, 1.807) is 0 Å². The van der Waals surface area contributed by atoms with Crippen LogP contribution in [0.1, 0.15) is 362 Å². The van der Waals surface area contributed by atoms with Crippen molar-refractivity contribution in [3.63, 3.8) is 0 Å². The maximum atomic E-state index is 13.0. The molecule has 5 atom stereocenters. The lowest BCUT2D eigenvalue weighted by atomic mass is 10.0. The second-order valence-electron chi connectivity index (χ2n) is 25.6. The van der Waals surface area contributed by atoms with E-state index in [9.17, 15) is 43.2 Å². The predicted molar refractivity (Wildman–Crippen MR) is 372 cm³/mol. The minimum absolute atomic E-state index is 0.102. The van der Waals surface area contributed by atoms with Crippen molar-refractivity contribution in [1.29, 1.82) is 0 Å². The predicted octanol–water partition coefficient (Wildman–Crippen LogP) is 21.0. The Morgan fingerprint density at radius 1 is 0.293 bits per heavy atom. The summed E-state index contributed by atoms with van der Waals surface area (Å²) in [6.45, 7) is 4.90. The third-order valence-corrected chi connectivity index (χ3v) is 18.3. The molecule has 0 amide bonds. The van der Waals surface area contributed by atoms with Crippen LogP contribution >= 0.6 is 15.6 Å². The molecule has 0 aromatic rings. The monoisotopic (exact) mass is 1350 g/mol. The van der Waals surface area contributed by atoms with E-state index in [1.807, 2.05) is 0 Å². The minimum Gasteiger partial charge on any atom is -0.462 e. The van der Waals surface area contributed by atoms with Gasteiger partial charge in [-0.2, -0.15) is 0 Å². The Morgan fingerprint density at radius 3 is 0.761 bits per heavy atom. The third-order valence-electron chi connectivity index (χ3n) is 16.4. The lowest BCUT2D eigenvalue weighted by Gasteiger charge is -2.21. The van der Waals surface area contributed by atoms with Gasteiger partial charge in [0.1, 0.15) is 19.3 Å². The van der Waals surface area contributed by atoms with Gasteiger partial charge in [-0.05, 0) is 77.0 Å². The minimum atomic E-state index is -4.96. The van der Waals surface area contributed by atoms with E-state index < -0.39 is 97.5 Å². The lowest BCUT2D eigenvalue weighted by Crippen LogP contribution is -2.30. The molecule has 0 aliphatic heterocycles. The number of hydrogen-bond acceptors (Lipinski definition) is 15. The van der Waals surface area contributed by atoms with Crippen molar-refractivity contribution in [3.05, 3.63) is 24.3 Å². The van der Waals surface area contributed by atoms with E-state index in [2.05, 4.69) is 52.0 Å². The Morgan fingerprint density at radius 2 is 0.500 bits per heavy atom. The maximum absolute atomic E-state index is 13.0. The van der Waals surface area contributed by atoms with Crippen LogP contribution in [0.15, 0.2) is 24.3 Å². The summed E-state index contributed by atoms with van der Waals surface area (Å²) in [5.74, 6) is -2.15. The fourth-order valence-electron chi connectivity index (χ4n) is 10.6. The van der Waals surface area contributed by atoms with E-state index >= 15 is 0 Å². The molecule has 19 heteroatoms. The lowest BCUT2D eigenvalue weighted by molar-refractivity contribution is -0.161. The molecule has 542 valence electrons. The van der Waals surface area contributed by atoms with Crippen molar-refractivity contribution in [2.75, 3.05) is 39.6 Å². The van der Waals surface area contributed by atoms with Gasteiger partial charge in [-0.3, -0.25) is 37.3 Å². The summed E-state index contributed by atoms with van der Waals surface area (Å²) in [6, 6.07) is 0. The van der Waals surface area contributed by atoms with Gasteiger partial charge in [-0.25, -0.2) is 9.13 Å². The summed E-state index contributed by atoms with van der Waals surface area (Å²) < 4.78 is 68.4. The molecule has 0 aliphatic rings. The van der Waals surface area contributed by atoms with E-state index in [4.69, 9.17) is 37.0 Å². The third kappa shape index (κ3) is 66.2. The van der Waals surface area contributed by atoms with Gasteiger partial charge < -0.3 is 33.8 Å². The topological polar surface area (TPSA) is 237 Å². The molecule has 0 saturated carbocycles. The first-order valence-electron chi connectivity index (χ1n) is 37.6. The largest absolute Gasteiger partial charge is 0.472 e. The molecule has 0 aromatic heterocycles. The number of allylic oxidation sites excluding steroid dienone is 4. The van der Waals surface area contributed by atoms with Crippen LogP contribution in [0.5, 0.6) is 0 Å². The van der Waals surface area contributed by atoms with Crippen LogP contribution in [0.25, 0.3) is 0 Å². The molecule has 0 bridgehead atoms. The average Bonchev–Trinajstić information content (AvgIpc) is 3.33. The molecule has 0 aliphatic carbocycles. The number of carbonyl (C=O) groups is 4. The highest BCUT2D eigenvalue weighted by Gasteiger charge is 2.30. The molecule has 0 aromatic carbocycles. The van der Waals surface area contributed by atoms with Crippen LogP contribution in [0.4, 0.5) is 0 Å². The number of unbranched alkanes of at least 4 members (excludes halogenated alkanes) is 42. The van der Waals surface area contributed by atoms with Gasteiger partial charge >= 0.3 is 39.5 Å². The fraction of sp³-hybridized carbons (Fsp3) is 0.890. The number of phosphoric acid groups is 2. The van der Waals surface area contributed by atoms with Crippen molar-refractivity contribution in [2.45, 2.75) is 380 Å². The van der Waals surface area contributed by atoms with Gasteiger partial charge in [0.15, 0.2) is 12.2 Å². The SMILES string of the molecule is CCCCCC/C=C\CCCCCCCC(=O)OCC(COP(=O)(O)OCC(O)COP(=O)(O)OCC(COC(=O)CCCCCCC/C=C\CCCCCCCC)OC(=O)CCCCCCCCCCCCC)OC(=O)CCCCCCCCCCCCCCC. The summed E-state index contributed by atoms with van der Waals surface area (Å²) in [7, 11) is -9.91. The molecule has 17 nitrogen and oxygen atoms in total. The second kappa shape index (κ2) is 67.1. The van der Waals surface area contributed by atoms with Crippen molar-refractivity contribution >= 4 is 39.5 Å². The Bertz CT molecular complexity index is 1850. The Labute approximate surface area is 561 Å². The first-order valence-corrected chi connectivity index (χ1v) is 40.6. The van der Waals surface area contributed by atoms with Gasteiger partial charge in [0.05, 0.1) is 26.4 Å². The molecule has 0 radical (unpaired) electrons. The zero-order valence-electron chi connectivity index (χ0n) is 59.0. The summed E-state index contributed by atoms with van der Waals surface area (Å²) >= 11 is 0. The summed E-state index contributed by atoms with van der Waals surface area (Å²) in [5, 5.41) is 10.6. The highest BCUT2D eigenvalue weighted by molar-refractivity contribution is 7.47. The number of aliphatic hydroxyl groups excluding tert-OH is 1. The smallest absolute Gasteiger partial charge is 0.462 e. The molecule has 3 N–H and O–H groups in total. The zero-order valence-corrected chi connectivity index (χ0v) is 60.8. The van der Waals surface area contributed by atoms with Crippen LogP contribution in [0.2, 0.25) is 0 Å². The number of aliphatic hydroxyl groups is 1. The van der Waals surface area contributed by atoms with Gasteiger partial charge in [0, 0.05) is 25.7 Å². The highest BCUT2D eigenvalue weighted by Crippen LogP contribution is 2.45. The van der Waals surface area contributed by atoms with E-state index in [1.165, 1.54) is 154 Å². The first-order chi connectivity index (χ1) is 44.7. The van der Waals surface area contributed by atoms with Gasteiger partial charge in [-0.1, -0.05) is 283 Å². The summed E-state index contributed by atoms with van der Waals surface area (Å²) in [4.78, 5) is 72.6. The number of esters is 4. The molecular formula is C73H138O17P2. The number of hydrogen-bond donors (Lipinski definition) is 3. The first kappa shape index (κ1) is 89.5. The Balaban J connectivity index is 5.27. The van der Waals surface area contributed by atoms with Gasteiger partial charge in [0.2, 0.25) is 0 Å². The normalized spacial score (nSPS) is 14.1. The van der Waals surface area contributed by atoms with Crippen LogP contribution in [-0.4, -0.2) is 96.7 Å². The summed E-state index contributed by atoms with van der Waals surface area (Å²) in [5.41, 5.74) is 0. The van der Waals surface area contributed by atoms with Crippen molar-refractivity contribution in [1.82, 2.24) is 0 Å². The maximum Gasteiger partial charge on any atom is 0.472 e. The van der Waals surface area contributed by atoms with Gasteiger partial charge in [-0.15, -0.1) is 0 Å². The molecule has 0 rings (SSSR count). The van der Waals surface area contributed by atoms with Crippen LogP contribution in [0, 0.1) is 0 Å². The summed E-state index contributed by atoms with van der Waals surface area (Å²) in [6.07, 6.45) is 58.9. The molecule has 92 heavy (non-hydrogen) atoms. The molecule has 0 fully saturated rings. The fourth-order valence-corrected chi connectivity index (χ4v) is 12.2. The number of phosphoric ester groups is 2. The van der Waals surface area contributed by atoms with E-state index in [0.717, 1.165) is 128 Å². The van der Waals surface area contributed by atoms with E-state index in [-0.39, 0.29) is 25.7 Å². The van der Waals surface area contributed by atoms with Gasteiger partial charge in [0.25, 0.3) is 0 Å². The highest BCUT2D eigenvalue weighted by atomic mass is 31.2. The standard InChI is InChI=1S/C73H138O17P2/c1-5-9-13-17-21-25-29-32-33-36-39-42-46-50-54-58-71(76)84-63-68(89-72(77)59-55-51-47-43-37-28-24-20-16-12-8-4)65-87-91(79,80)85-61-67(74)62-86-92(81,82)88-66-69(90-73(78)60-56-52-48-44-40-35-31-27-23-19-15-11-7-3)64-83-70(75)57-53-49-45-41-38-34-30-26-22-18-14-10-6-2/h26,30,32-33,67-69,74H,5-25,27-29,31,34-66H2,1-4H3,(H,79,80)(H,81,82)/b30-26-,33-32-. The second-order valence-corrected chi connectivity index (χ2v) is 28.5. The number of carbonyl (C=O) groups excluding carboxylic acids is 4. The zero-order chi connectivity index (χ0) is 67.5. The van der Waals surface area contributed by atoms with Crippen LogP contribution in [-0.2, 0) is 65.4 Å². The van der Waals surface area contributed by atoms with Crippen molar-refractivity contribution < 1.29 is 80.2 Å². The van der Waals surface area contributed by atoms with Crippen molar-refractivity contribution in [3.8, 4) is 0 Å². The Kier molecular flexibility index (Phi) is 65.3. The molecule has 0 saturated heterocycles. The van der Waals surface area contributed by atoms with Crippen LogP contribution < -0.4 is 0 Å². The average molecular weight is 1350 g/mol. The van der Waals surface area contributed by atoms with Crippen molar-refractivity contribution in [2.24, 2.45) is 0 Å². The van der Waals surface area contributed by atoms with Crippen LogP contribution in [0.3, 0.4) is 0 Å². The number of ether oxygens (including phenoxy) is 4. The Hall–Kier alpha value is -2.46. The molecule has 0 spiro atoms. The quantitative estimate of drug-likeness (QED) is 0.0169. The molecular weight excluding hydrogens is 1210 g/mol. The molecule has 0 heterocycles. The van der Waals surface area contributed by atoms with E-state index in [0.29, 0.717) is 25.7 Å². The molecule has 5 unspecified atom stereocenters.